The van der Waals surface area contributed by atoms with Crippen molar-refractivity contribution in [3.05, 3.63) is 59.4 Å². The standard InChI is InChI=1S/C13H13NO/c15-13(12-6-3-7-14-12)11-8-9-4-1-2-5-10(9)11/h1-7,11,13-15H,8H2. The Bertz CT molecular complexity index is 461. The highest BCUT2D eigenvalue weighted by atomic mass is 16.3. The number of aliphatic hydroxyl groups excluding tert-OH is 1. The van der Waals surface area contributed by atoms with Gasteiger partial charge in [-0.15, -0.1) is 0 Å². The van der Waals surface area contributed by atoms with E-state index < -0.39 is 6.10 Å². The van der Waals surface area contributed by atoms with Crippen molar-refractivity contribution >= 4 is 0 Å². The summed E-state index contributed by atoms with van der Waals surface area (Å²) in [6.07, 6.45) is 2.44. The van der Waals surface area contributed by atoms with Gasteiger partial charge in [-0.3, -0.25) is 0 Å². The van der Waals surface area contributed by atoms with Crippen LogP contribution >= 0.6 is 0 Å². The third-order valence-corrected chi connectivity index (χ3v) is 3.22. The number of hydrogen-bond donors (Lipinski definition) is 2. The third kappa shape index (κ3) is 1.29. The maximum absolute atomic E-state index is 10.1. The molecule has 0 radical (unpaired) electrons. The van der Waals surface area contributed by atoms with Crippen LogP contribution in [0.3, 0.4) is 0 Å². The molecule has 2 nitrogen and oxygen atoms in total. The van der Waals surface area contributed by atoms with Crippen molar-refractivity contribution in [3.8, 4) is 0 Å². The maximum atomic E-state index is 10.1. The number of hydrogen-bond acceptors (Lipinski definition) is 1. The predicted molar refractivity (Wildman–Crippen MR) is 58.6 cm³/mol. The number of fused-ring (bicyclic) bond motifs is 1. The summed E-state index contributed by atoms with van der Waals surface area (Å²) >= 11 is 0. The molecule has 2 aromatic rings. The van der Waals surface area contributed by atoms with Crippen LogP contribution in [0.15, 0.2) is 42.6 Å². The van der Waals surface area contributed by atoms with E-state index in [-0.39, 0.29) is 5.92 Å². The van der Waals surface area contributed by atoms with Gasteiger partial charge in [0.15, 0.2) is 0 Å². The van der Waals surface area contributed by atoms with Gasteiger partial charge in [-0.2, -0.15) is 0 Å². The summed E-state index contributed by atoms with van der Waals surface area (Å²) in [5.41, 5.74) is 3.57. The summed E-state index contributed by atoms with van der Waals surface area (Å²) in [5, 5.41) is 10.1. The molecule has 76 valence electrons. The molecule has 2 heteroatoms. The number of nitrogens with one attached hydrogen (secondary N) is 1. The first kappa shape index (κ1) is 8.74. The minimum Gasteiger partial charge on any atom is -0.386 e. The number of aliphatic hydroxyl groups is 1. The molecule has 1 aliphatic carbocycles. The van der Waals surface area contributed by atoms with Gasteiger partial charge >= 0.3 is 0 Å². The normalized spacial score (nSPS) is 20.5. The van der Waals surface area contributed by atoms with Gasteiger partial charge in [0.05, 0.1) is 0 Å². The first-order valence-electron chi connectivity index (χ1n) is 5.25. The predicted octanol–water partition coefficient (Wildman–Crippen LogP) is 2.39. The van der Waals surface area contributed by atoms with E-state index in [0.717, 1.165) is 12.1 Å². The number of aromatic amines is 1. The molecule has 0 saturated carbocycles. The van der Waals surface area contributed by atoms with Gasteiger partial charge in [0.1, 0.15) is 6.10 Å². The fourth-order valence-electron chi connectivity index (χ4n) is 2.32. The largest absolute Gasteiger partial charge is 0.386 e. The van der Waals surface area contributed by atoms with E-state index in [4.69, 9.17) is 0 Å². The van der Waals surface area contributed by atoms with Crippen molar-refractivity contribution in [3.63, 3.8) is 0 Å². The third-order valence-electron chi connectivity index (χ3n) is 3.22. The van der Waals surface area contributed by atoms with Crippen LogP contribution in [0, 0.1) is 0 Å². The van der Waals surface area contributed by atoms with E-state index in [1.54, 1.807) is 0 Å². The molecule has 0 fully saturated rings. The Labute approximate surface area is 88.6 Å². The zero-order valence-electron chi connectivity index (χ0n) is 8.35. The molecule has 0 saturated heterocycles. The van der Waals surface area contributed by atoms with Crippen LogP contribution in [-0.4, -0.2) is 10.1 Å². The molecule has 2 N–H and O–H groups in total. The lowest BCUT2D eigenvalue weighted by Gasteiger charge is -2.33. The quantitative estimate of drug-likeness (QED) is 0.765. The lowest BCUT2D eigenvalue weighted by Crippen LogP contribution is -2.23. The van der Waals surface area contributed by atoms with Gasteiger partial charge < -0.3 is 10.1 Å². The summed E-state index contributed by atoms with van der Waals surface area (Å²) < 4.78 is 0. The van der Waals surface area contributed by atoms with Gasteiger partial charge in [0.2, 0.25) is 0 Å². The van der Waals surface area contributed by atoms with Gasteiger partial charge in [0.25, 0.3) is 0 Å². The molecule has 1 heterocycles. The lowest BCUT2D eigenvalue weighted by atomic mass is 9.74. The van der Waals surface area contributed by atoms with Gasteiger partial charge in [-0.1, -0.05) is 24.3 Å². The second-order valence-corrected chi connectivity index (χ2v) is 4.08. The van der Waals surface area contributed by atoms with Crippen molar-refractivity contribution < 1.29 is 5.11 Å². The average molecular weight is 199 g/mol. The Morgan fingerprint density at radius 3 is 2.80 bits per heavy atom. The minimum atomic E-state index is -0.394. The molecule has 0 aliphatic heterocycles. The highest BCUT2D eigenvalue weighted by Gasteiger charge is 2.32. The number of benzene rings is 1. The number of aromatic nitrogens is 1. The second kappa shape index (κ2) is 3.24. The van der Waals surface area contributed by atoms with Gasteiger partial charge in [-0.25, -0.2) is 0 Å². The molecule has 0 bridgehead atoms. The lowest BCUT2D eigenvalue weighted by molar-refractivity contribution is 0.131. The topological polar surface area (TPSA) is 36.0 Å². The molecule has 15 heavy (non-hydrogen) atoms. The molecular weight excluding hydrogens is 186 g/mol. The summed E-state index contributed by atoms with van der Waals surface area (Å²) in [4.78, 5) is 3.07. The van der Waals surface area contributed by atoms with Crippen molar-refractivity contribution in [1.82, 2.24) is 4.98 Å². The van der Waals surface area contributed by atoms with Crippen molar-refractivity contribution in [1.29, 1.82) is 0 Å². The van der Waals surface area contributed by atoms with Crippen molar-refractivity contribution in [2.75, 3.05) is 0 Å². The summed E-state index contributed by atoms with van der Waals surface area (Å²) in [6, 6.07) is 12.2. The van der Waals surface area contributed by atoms with Crippen LogP contribution in [0.25, 0.3) is 0 Å². The van der Waals surface area contributed by atoms with Crippen LogP contribution in [0.1, 0.15) is 28.8 Å². The fourth-order valence-corrected chi connectivity index (χ4v) is 2.32. The molecule has 1 aromatic heterocycles. The monoisotopic (exact) mass is 199 g/mol. The zero-order chi connectivity index (χ0) is 10.3. The molecule has 1 aromatic carbocycles. The summed E-state index contributed by atoms with van der Waals surface area (Å²) in [7, 11) is 0. The summed E-state index contributed by atoms with van der Waals surface area (Å²) in [6.45, 7) is 0. The highest BCUT2D eigenvalue weighted by Crippen LogP contribution is 2.42. The molecular formula is C13H13NO. The fraction of sp³-hybridized carbons (Fsp3) is 0.231. The Morgan fingerprint density at radius 2 is 2.07 bits per heavy atom. The zero-order valence-corrected chi connectivity index (χ0v) is 8.35. The first-order chi connectivity index (χ1) is 7.36. The van der Waals surface area contributed by atoms with Crippen LogP contribution in [-0.2, 0) is 6.42 Å². The van der Waals surface area contributed by atoms with Crippen molar-refractivity contribution in [2.24, 2.45) is 0 Å². The van der Waals surface area contributed by atoms with Gasteiger partial charge in [-0.05, 0) is 29.7 Å². The maximum Gasteiger partial charge on any atom is 0.101 e. The van der Waals surface area contributed by atoms with Gasteiger partial charge in [0, 0.05) is 17.8 Å². The highest BCUT2D eigenvalue weighted by molar-refractivity contribution is 5.41. The number of H-pyrrole nitrogens is 1. The molecule has 3 rings (SSSR count). The SMILES string of the molecule is OC(c1ccc[nH]1)C1Cc2ccccc21. The average Bonchev–Trinajstić information content (AvgIpc) is 2.72. The molecule has 0 amide bonds. The van der Waals surface area contributed by atoms with E-state index in [1.165, 1.54) is 11.1 Å². The van der Waals surface area contributed by atoms with Crippen LogP contribution < -0.4 is 0 Å². The van der Waals surface area contributed by atoms with Crippen LogP contribution in [0.5, 0.6) is 0 Å². The second-order valence-electron chi connectivity index (χ2n) is 4.08. The summed E-state index contributed by atoms with van der Waals surface area (Å²) in [5.74, 6) is 0.264. The van der Waals surface area contributed by atoms with Crippen molar-refractivity contribution in [2.45, 2.75) is 18.4 Å². The first-order valence-corrected chi connectivity index (χ1v) is 5.25. The Kier molecular flexibility index (Phi) is 1.89. The molecule has 0 spiro atoms. The van der Waals surface area contributed by atoms with E-state index in [0.29, 0.717) is 0 Å². The minimum absolute atomic E-state index is 0.264. The Hall–Kier alpha value is -1.54. The molecule has 2 atom stereocenters. The van der Waals surface area contributed by atoms with E-state index in [1.807, 2.05) is 24.4 Å². The molecule has 1 aliphatic rings. The van der Waals surface area contributed by atoms with E-state index in [9.17, 15) is 5.11 Å². The van der Waals surface area contributed by atoms with Crippen LogP contribution in [0.2, 0.25) is 0 Å². The van der Waals surface area contributed by atoms with Crippen LogP contribution in [0.4, 0.5) is 0 Å². The van der Waals surface area contributed by atoms with E-state index in [2.05, 4.69) is 23.2 Å². The Balaban J connectivity index is 1.88. The van der Waals surface area contributed by atoms with E-state index >= 15 is 0 Å². The molecule has 2 unspecified atom stereocenters. The number of rotatable bonds is 2. The smallest absolute Gasteiger partial charge is 0.101 e. The Morgan fingerprint density at radius 1 is 1.20 bits per heavy atom.